The minimum absolute atomic E-state index is 0.185. The van der Waals surface area contributed by atoms with Crippen molar-refractivity contribution < 1.29 is 27.6 Å². The Labute approximate surface area is 175 Å². The molecule has 0 fully saturated rings. The fourth-order valence-corrected chi connectivity index (χ4v) is 2.98. The Kier molecular flexibility index (Phi) is 5.44. The van der Waals surface area contributed by atoms with Crippen LogP contribution in [0.25, 0.3) is 22.2 Å². The van der Waals surface area contributed by atoms with Crippen LogP contribution >= 0.6 is 0 Å². The summed E-state index contributed by atoms with van der Waals surface area (Å²) in [6.45, 7) is 1.33. The zero-order valence-corrected chi connectivity index (χ0v) is 16.3. The van der Waals surface area contributed by atoms with Crippen LogP contribution in [0.3, 0.4) is 0 Å². The first-order valence-corrected chi connectivity index (χ1v) is 9.34. The second-order valence-electron chi connectivity index (χ2n) is 6.77. The molecule has 0 saturated carbocycles. The van der Waals surface area contributed by atoms with Crippen LogP contribution in [-0.2, 0) is 9.53 Å². The lowest BCUT2D eigenvalue weighted by atomic mass is 10.1. The summed E-state index contributed by atoms with van der Waals surface area (Å²) in [6, 6.07) is 16.6. The second-order valence-corrected chi connectivity index (χ2v) is 6.77. The third-order valence-corrected chi connectivity index (χ3v) is 4.59. The van der Waals surface area contributed by atoms with Gasteiger partial charge in [-0.25, -0.2) is 13.6 Å². The summed E-state index contributed by atoms with van der Waals surface area (Å²) in [4.78, 5) is 24.8. The summed E-state index contributed by atoms with van der Waals surface area (Å²) in [5.41, 5.74) is 1.19. The minimum Gasteiger partial charge on any atom is -0.449 e. The van der Waals surface area contributed by atoms with Gasteiger partial charge in [0.15, 0.2) is 11.9 Å². The Morgan fingerprint density at radius 1 is 1.03 bits per heavy atom. The smallest absolute Gasteiger partial charge is 0.338 e. The molecule has 0 aliphatic rings. The van der Waals surface area contributed by atoms with Crippen molar-refractivity contribution in [1.82, 2.24) is 5.16 Å². The Morgan fingerprint density at radius 2 is 1.81 bits per heavy atom. The summed E-state index contributed by atoms with van der Waals surface area (Å²) < 4.78 is 37.6. The number of hydrogen-bond donors (Lipinski definition) is 1. The van der Waals surface area contributed by atoms with Crippen LogP contribution in [0.4, 0.5) is 14.5 Å². The molecule has 0 bridgehead atoms. The fraction of sp³-hybridized carbons (Fsp3) is 0.0870. The molecule has 1 unspecified atom stereocenters. The summed E-state index contributed by atoms with van der Waals surface area (Å²) in [5, 5.41) is 6.81. The van der Waals surface area contributed by atoms with E-state index in [2.05, 4.69) is 10.5 Å². The number of rotatable bonds is 5. The van der Waals surface area contributed by atoms with Crippen LogP contribution in [0.5, 0.6) is 0 Å². The fourth-order valence-electron chi connectivity index (χ4n) is 2.98. The highest BCUT2D eigenvalue weighted by Crippen LogP contribution is 2.29. The quantitative estimate of drug-likeness (QED) is 0.460. The molecule has 1 amide bonds. The highest BCUT2D eigenvalue weighted by Gasteiger charge is 2.21. The number of nitrogens with one attached hydrogen (secondary N) is 1. The van der Waals surface area contributed by atoms with E-state index in [0.717, 1.165) is 23.8 Å². The molecule has 4 rings (SSSR count). The van der Waals surface area contributed by atoms with Crippen molar-refractivity contribution in [2.75, 3.05) is 5.32 Å². The number of amides is 1. The molecule has 0 saturated heterocycles. The van der Waals surface area contributed by atoms with Gasteiger partial charge >= 0.3 is 5.97 Å². The van der Waals surface area contributed by atoms with Gasteiger partial charge in [-0.05, 0) is 37.3 Å². The number of fused-ring (bicyclic) bond motifs is 1. The molecule has 0 spiro atoms. The van der Waals surface area contributed by atoms with Crippen LogP contribution in [-0.4, -0.2) is 23.1 Å². The van der Waals surface area contributed by atoms with E-state index in [-0.39, 0.29) is 11.3 Å². The van der Waals surface area contributed by atoms with Gasteiger partial charge in [-0.3, -0.25) is 4.79 Å². The summed E-state index contributed by atoms with van der Waals surface area (Å²) in [5.74, 6) is -2.58. The van der Waals surface area contributed by atoms with Gasteiger partial charge in [0.2, 0.25) is 0 Å². The number of esters is 1. The lowest BCUT2D eigenvalue weighted by Crippen LogP contribution is -2.30. The maximum atomic E-state index is 13.7. The lowest BCUT2D eigenvalue weighted by molar-refractivity contribution is -0.123. The molecule has 6 nitrogen and oxygen atoms in total. The highest BCUT2D eigenvalue weighted by atomic mass is 19.1. The number of halogens is 2. The van der Waals surface area contributed by atoms with Crippen LogP contribution in [0.15, 0.2) is 71.3 Å². The molecular weight excluding hydrogens is 406 g/mol. The number of benzene rings is 3. The van der Waals surface area contributed by atoms with E-state index in [0.29, 0.717) is 16.7 Å². The normalized spacial score (nSPS) is 11.8. The summed E-state index contributed by atoms with van der Waals surface area (Å²) >= 11 is 0. The van der Waals surface area contributed by atoms with Gasteiger partial charge in [-0.1, -0.05) is 35.5 Å². The SMILES string of the molecule is CC(OC(=O)c1ccc2noc(-c3ccccc3)c2c1)C(=O)Nc1cc(F)ccc1F. The van der Waals surface area contributed by atoms with Gasteiger partial charge < -0.3 is 14.6 Å². The van der Waals surface area contributed by atoms with Gasteiger partial charge in [0, 0.05) is 11.6 Å². The molecular formula is C23H16F2N2O4. The van der Waals surface area contributed by atoms with Crippen molar-refractivity contribution >= 4 is 28.5 Å². The van der Waals surface area contributed by atoms with Crippen molar-refractivity contribution in [1.29, 1.82) is 0 Å². The van der Waals surface area contributed by atoms with E-state index in [1.165, 1.54) is 13.0 Å². The predicted molar refractivity (Wildman–Crippen MR) is 109 cm³/mol. The molecule has 0 aliphatic heterocycles. The summed E-state index contributed by atoms with van der Waals surface area (Å²) in [6.07, 6.45) is -1.25. The van der Waals surface area contributed by atoms with E-state index in [1.807, 2.05) is 30.3 Å². The largest absolute Gasteiger partial charge is 0.449 e. The number of nitrogens with zero attached hydrogens (tertiary/aromatic N) is 1. The van der Waals surface area contributed by atoms with E-state index >= 15 is 0 Å². The van der Waals surface area contributed by atoms with E-state index in [9.17, 15) is 18.4 Å². The molecule has 1 atom stereocenters. The van der Waals surface area contributed by atoms with Gasteiger partial charge in [0.25, 0.3) is 5.91 Å². The molecule has 1 aromatic heterocycles. The first kappa shape index (κ1) is 20.2. The molecule has 0 radical (unpaired) electrons. The van der Waals surface area contributed by atoms with E-state index < -0.39 is 29.6 Å². The Balaban J connectivity index is 1.51. The van der Waals surface area contributed by atoms with Crippen LogP contribution < -0.4 is 5.32 Å². The maximum Gasteiger partial charge on any atom is 0.338 e. The van der Waals surface area contributed by atoms with E-state index in [1.54, 1.807) is 12.1 Å². The highest BCUT2D eigenvalue weighted by molar-refractivity contribution is 6.01. The van der Waals surface area contributed by atoms with Crippen molar-refractivity contribution in [2.45, 2.75) is 13.0 Å². The molecule has 31 heavy (non-hydrogen) atoms. The predicted octanol–water partition coefficient (Wildman–Crippen LogP) is 4.96. The van der Waals surface area contributed by atoms with Crippen LogP contribution in [0.1, 0.15) is 17.3 Å². The van der Waals surface area contributed by atoms with Crippen molar-refractivity contribution in [3.63, 3.8) is 0 Å². The standard InChI is InChI=1S/C23H16F2N2O4/c1-13(22(28)26-20-12-16(24)8-9-18(20)25)30-23(29)15-7-10-19-17(11-15)21(31-27-19)14-5-3-2-4-6-14/h2-13H,1H3,(H,26,28). The number of carbonyl (C=O) groups is 2. The zero-order valence-electron chi connectivity index (χ0n) is 16.3. The van der Waals surface area contributed by atoms with Crippen LogP contribution in [0.2, 0.25) is 0 Å². The second kappa shape index (κ2) is 8.35. The summed E-state index contributed by atoms with van der Waals surface area (Å²) in [7, 11) is 0. The number of carbonyl (C=O) groups excluding carboxylic acids is 2. The minimum atomic E-state index is -1.25. The van der Waals surface area contributed by atoms with Crippen molar-refractivity contribution in [3.8, 4) is 11.3 Å². The third-order valence-electron chi connectivity index (χ3n) is 4.59. The Bertz CT molecular complexity index is 1270. The topological polar surface area (TPSA) is 81.4 Å². The number of ether oxygens (including phenoxy) is 1. The molecule has 1 N–H and O–H groups in total. The van der Waals surface area contributed by atoms with Crippen molar-refractivity contribution in [3.05, 3.63) is 83.9 Å². The molecule has 0 aliphatic carbocycles. The number of anilines is 1. The Hall–Kier alpha value is -4.07. The first-order chi connectivity index (χ1) is 14.9. The average molecular weight is 422 g/mol. The average Bonchev–Trinajstić information content (AvgIpc) is 3.20. The van der Waals surface area contributed by atoms with Crippen molar-refractivity contribution in [2.24, 2.45) is 0 Å². The number of aromatic nitrogens is 1. The molecule has 3 aromatic carbocycles. The van der Waals surface area contributed by atoms with Gasteiger partial charge in [-0.2, -0.15) is 0 Å². The monoisotopic (exact) mass is 422 g/mol. The first-order valence-electron chi connectivity index (χ1n) is 9.34. The van der Waals surface area contributed by atoms with Gasteiger partial charge in [-0.15, -0.1) is 0 Å². The van der Waals surface area contributed by atoms with Crippen LogP contribution in [0, 0.1) is 11.6 Å². The molecule has 8 heteroatoms. The molecule has 1 heterocycles. The third kappa shape index (κ3) is 4.28. The van der Waals surface area contributed by atoms with Gasteiger partial charge in [0.1, 0.15) is 17.2 Å². The zero-order chi connectivity index (χ0) is 22.0. The molecule has 4 aromatic rings. The van der Waals surface area contributed by atoms with E-state index in [4.69, 9.17) is 9.26 Å². The molecule has 156 valence electrons. The van der Waals surface area contributed by atoms with Gasteiger partial charge in [0.05, 0.1) is 16.6 Å². The Morgan fingerprint density at radius 3 is 2.58 bits per heavy atom. The maximum absolute atomic E-state index is 13.7. The lowest BCUT2D eigenvalue weighted by Gasteiger charge is -2.14. The number of hydrogen-bond acceptors (Lipinski definition) is 5.